The minimum atomic E-state index is 0.636. The lowest BCUT2D eigenvalue weighted by atomic mass is 10.3. The van der Waals surface area contributed by atoms with Crippen molar-refractivity contribution < 1.29 is 4.74 Å². The second kappa shape index (κ2) is 7.04. The molecule has 5 heteroatoms. The van der Waals surface area contributed by atoms with E-state index in [2.05, 4.69) is 27.1 Å². The van der Waals surface area contributed by atoms with Crippen molar-refractivity contribution in [2.75, 3.05) is 19.0 Å². The molecule has 1 heterocycles. The number of nitrogens with zero attached hydrogens (tertiary/aromatic N) is 2. The molecule has 3 nitrogen and oxygen atoms in total. The van der Waals surface area contributed by atoms with Gasteiger partial charge in [-0.2, -0.15) is 5.10 Å². The third kappa shape index (κ3) is 3.97. The Balaban J connectivity index is 2.70. The molecular formula is C10H14BrClN2O. The summed E-state index contributed by atoms with van der Waals surface area (Å²) in [6.45, 7) is 1.36. The molecule has 0 aliphatic heterocycles. The van der Waals surface area contributed by atoms with Crippen LogP contribution in [-0.2, 0) is 11.3 Å². The van der Waals surface area contributed by atoms with E-state index in [-0.39, 0.29) is 0 Å². The molecule has 0 unspecified atom stereocenters. The third-order valence-corrected chi connectivity index (χ3v) is 2.64. The van der Waals surface area contributed by atoms with Crippen LogP contribution in [-0.4, -0.2) is 28.8 Å². The Morgan fingerprint density at radius 2 is 2.47 bits per heavy atom. The van der Waals surface area contributed by atoms with Crippen LogP contribution in [0.1, 0.15) is 12.1 Å². The van der Waals surface area contributed by atoms with Crippen molar-refractivity contribution in [1.82, 2.24) is 9.78 Å². The average Bonchev–Trinajstić information content (AvgIpc) is 2.58. The maximum atomic E-state index is 6.02. The molecule has 1 aromatic rings. The zero-order valence-electron chi connectivity index (χ0n) is 8.62. The summed E-state index contributed by atoms with van der Waals surface area (Å²) in [4.78, 5) is 0. The van der Waals surface area contributed by atoms with Gasteiger partial charge in [-0.25, -0.2) is 0 Å². The Morgan fingerprint density at radius 1 is 1.67 bits per heavy atom. The van der Waals surface area contributed by atoms with E-state index in [0.717, 1.165) is 24.0 Å². The van der Waals surface area contributed by atoms with Gasteiger partial charge in [-0.15, -0.1) is 0 Å². The number of methoxy groups -OCH3 is 1. The minimum Gasteiger partial charge on any atom is -0.383 e. The molecule has 0 spiro atoms. The van der Waals surface area contributed by atoms with E-state index >= 15 is 0 Å². The van der Waals surface area contributed by atoms with Crippen LogP contribution in [0, 0.1) is 0 Å². The van der Waals surface area contributed by atoms with E-state index in [1.807, 2.05) is 10.8 Å². The van der Waals surface area contributed by atoms with Gasteiger partial charge in [0.2, 0.25) is 0 Å². The van der Waals surface area contributed by atoms with Crippen LogP contribution < -0.4 is 0 Å². The number of hydrogen-bond donors (Lipinski definition) is 0. The number of hydrogen-bond acceptors (Lipinski definition) is 2. The first-order valence-electron chi connectivity index (χ1n) is 4.72. The van der Waals surface area contributed by atoms with Gasteiger partial charge in [-0.05, 0) is 12.5 Å². The van der Waals surface area contributed by atoms with E-state index in [0.29, 0.717) is 11.6 Å². The van der Waals surface area contributed by atoms with E-state index in [1.165, 1.54) is 0 Å². The number of aromatic nitrogens is 2. The molecule has 0 radical (unpaired) electrons. The summed E-state index contributed by atoms with van der Waals surface area (Å²) in [5.41, 5.74) is 0.940. The molecule has 0 bridgehead atoms. The summed E-state index contributed by atoms with van der Waals surface area (Å²) < 4.78 is 6.84. The lowest BCUT2D eigenvalue weighted by molar-refractivity contribution is 0.183. The minimum absolute atomic E-state index is 0.636. The van der Waals surface area contributed by atoms with Crippen LogP contribution in [0.5, 0.6) is 0 Å². The van der Waals surface area contributed by atoms with Crippen molar-refractivity contribution in [1.29, 1.82) is 0 Å². The number of allylic oxidation sites excluding steroid dienone is 1. The summed E-state index contributed by atoms with van der Waals surface area (Å²) in [6.07, 6.45) is 6.70. The molecule has 0 saturated heterocycles. The van der Waals surface area contributed by atoms with Gasteiger partial charge in [0.05, 0.1) is 30.1 Å². The van der Waals surface area contributed by atoms with Crippen LogP contribution in [0.2, 0.25) is 5.02 Å². The second-order valence-electron chi connectivity index (χ2n) is 2.97. The fourth-order valence-corrected chi connectivity index (χ4v) is 1.62. The predicted molar refractivity (Wildman–Crippen MR) is 66.6 cm³/mol. The zero-order chi connectivity index (χ0) is 11.1. The quantitative estimate of drug-likeness (QED) is 0.754. The fourth-order valence-electron chi connectivity index (χ4n) is 1.15. The third-order valence-electron chi connectivity index (χ3n) is 1.89. The van der Waals surface area contributed by atoms with Gasteiger partial charge in [0, 0.05) is 12.4 Å². The predicted octanol–water partition coefficient (Wildman–Crippen LogP) is 2.98. The second-order valence-corrected chi connectivity index (χ2v) is 4.17. The van der Waals surface area contributed by atoms with Gasteiger partial charge in [0.15, 0.2) is 0 Å². The summed E-state index contributed by atoms with van der Waals surface area (Å²) in [6, 6.07) is 0. The molecule has 0 N–H and O–H groups in total. The summed E-state index contributed by atoms with van der Waals surface area (Å²) in [7, 11) is 1.67. The SMILES string of the molecule is COCCn1ncc(Cl)c1/C=C/CCBr. The van der Waals surface area contributed by atoms with E-state index < -0.39 is 0 Å². The van der Waals surface area contributed by atoms with Crippen LogP contribution in [0.25, 0.3) is 6.08 Å². The van der Waals surface area contributed by atoms with Crippen LogP contribution >= 0.6 is 27.5 Å². The molecule has 84 valence electrons. The molecule has 0 atom stereocenters. The highest BCUT2D eigenvalue weighted by atomic mass is 79.9. The van der Waals surface area contributed by atoms with Crippen LogP contribution in [0.4, 0.5) is 0 Å². The molecule has 1 aromatic heterocycles. The highest BCUT2D eigenvalue weighted by molar-refractivity contribution is 9.09. The first-order valence-corrected chi connectivity index (χ1v) is 6.22. The van der Waals surface area contributed by atoms with E-state index in [1.54, 1.807) is 13.3 Å². The van der Waals surface area contributed by atoms with E-state index in [9.17, 15) is 0 Å². The Kier molecular flexibility index (Phi) is 5.98. The Labute approximate surface area is 103 Å². The van der Waals surface area contributed by atoms with Crippen molar-refractivity contribution in [3.8, 4) is 0 Å². The lowest BCUT2D eigenvalue weighted by Crippen LogP contribution is -2.07. The molecule has 0 aromatic carbocycles. The standard InChI is InChI=1S/C10H14BrClN2O/c1-15-7-6-14-10(4-2-3-5-11)9(12)8-13-14/h2,4,8H,3,5-7H2,1H3/b4-2+. The molecule has 0 fully saturated rings. The molecule has 0 saturated carbocycles. The highest BCUT2D eigenvalue weighted by Crippen LogP contribution is 2.16. The smallest absolute Gasteiger partial charge is 0.0859 e. The lowest BCUT2D eigenvalue weighted by Gasteiger charge is -2.03. The molecule has 15 heavy (non-hydrogen) atoms. The Morgan fingerprint density at radius 3 is 3.13 bits per heavy atom. The number of alkyl halides is 1. The van der Waals surface area contributed by atoms with Crippen molar-refractivity contribution >= 4 is 33.6 Å². The van der Waals surface area contributed by atoms with Crippen molar-refractivity contribution in [2.45, 2.75) is 13.0 Å². The highest BCUT2D eigenvalue weighted by Gasteiger charge is 2.04. The first kappa shape index (κ1) is 12.7. The molecule has 0 aliphatic carbocycles. The summed E-state index contributed by atoms with van der Waals surface area (Å²) in [5, 5.41) is 5.80. The maximum absolute atomic E-state index is 6.02. The number of ether oxygens (including phenoxy) is 1. The summed E-state index contributed by atoms with van der Waals surface area (Å²) >= 11 is 9.38. The van der Waals surface area contributed by atoms with Gasteiger partial charge in [0.25, 0.3) is 0 Å². The molecular weight excluding hydrogens is 279 g/mol. The van der Waals surface area contributed by atoms with Crippen LogP contribution in [0.15, 0.2) is 12.3 Å². The van der Waals surface area contributed by atoms with Crippen molar-refractivity contribution in [3.05, 3.63) is 23.0 Å². The van der Waals surface area contributed by atoms with Gasteiger partial charge in [-0.1, -0.05) is 33.6 Å². The monoisotopic (exact) mass is 292 g/mol. The Hall–Kier alpha value is -0.320. The van der Waals surface area contributed by atoms with Gasteiger partial charge in [-0.3, -0.25) is 4.68 Å². The topological polar surface area (TPSA) is 27.1 Å². The molecule has 1 rings (SSSR count). The van der Waals surface area contributed by atoms with Crippen LogP contribution in [0.3, 0.4) is 0 Å². The molecule has 0 amide bonds. The zero-order valence-corrected chi connectivity index (χ0v) is 11.0. The maximum Gasteiger partial charge on any atom is 0.0859 e. The van der Waals surface area contributed by atoms with Crippen molar-refractivity contribution in [2.24, 2.45) is 0 Å². The number of halogens is 2. The summed E-state index contributed by atoms with van der Waals surface area (Å²) in [5.74, 6) is 0. The van der Waals surface area contributed by atoms with Crippen molar-refractivity contribution in [3.63, 3.8) is 0 Å². The number of rotatable bonds is 6. The van der Waals surface area contributed by atoms with Gasteiger partial charge >= 0.3 is 0 Å². The first-order chi connectivity index (χ1) is 7.29. The van der Waals surface area contributed by atoms with E-state index in [4.69, 9.17) is 16.3 Å². The normalized spacial score (nSPS) is 11.4. The average molecular weight is 294 g/mol. The Bertz CT molecular complexity index is 325. The van der Waals surface area contributed by atoms with Gasteiger partial charge < -0.3 is 4.74 Å². The van der Waals surface area contributed by atoms with Gasteiger partial charge in [0.1, 0.15) is 0 Å². The fraction of sp³-hybridized carbons (Fsp3) is 0.500. The molecule has 0 aliphatic rings. The largest absolute Gasteiger partial charge is 0.383 e.